The van der Waals surface area contributed by atoms with Gasteiger partial charge in [0.1, 0.15) is 6.04 Å². The first-order chi connectivity index (χ1) is 11.4. The lowest BCUT2D eigenvalue weighted by molar-refractivity contribution is -0.140. The van der Waals surface area contributed by atoms with Crippen LogP contribution in [0, 0.1) is 0 Å². The van der Waals surface area contributed by atoms with Gasteiger partial charge in [0, 0.05) is 12.6 Å². The van der Waals surface area contributed by atoms with Crippen LogP contribution in [-0.4, -0.2) is 48.7 Å². The number of rotatable bonds is 12. The molecular weight excluding hydrogens is 312 g/mol. The minimum Gasteiger partial charge on any atom is -0.480 e. The van der Waals surface area contributed by atoms with Crippen molar-refractivity contribution in [3.63, 3.8) is 0 Å². The van der Waals surface area contributed by atoms with E-state index in [1.54, 1.807) is 0 Å². The van der Waals surface area contributed by atoms with Gasteiger partial charge < -0.3 is 20.5 Å². The van der Waals surface area contributed by atoms with Gasteiger partial charge in [0.15, 0.2) is 11.8 Å². The molecule has 0 bridgehead atoms. The van der Waals surface area contributed by atoms with E-state index in [0.717, 1.165) is 6.42 Å². The number of nitrogens with zero attached hydrogens (tertiary/aromatic N) is 1. The van der Waals surface area contributed by atoms with Crippen LogP contribution in [0.25, 0.3) is 0 Å². The third kappa shape index (κ3) is 10.5. The predicted octanol–water partition coefficient (Wildman–Crippen LogP) is 1.20. The van der Waals surface area contributed by atoms with Gasteiger partial charge in [0.05, 0.1) is 6.61 Å². The highest BCUT2D eigenvalue weighted by Crippen LogP contribution is 1.99. The summed E-state index contributed by atoms with van der Waals surface area (Å²) in [6.45, 7) is 8.89. The molecule has 0 aromatic rings. The van der Waals surface area contributed by atoms with Crippen LogP contribution in [0.4, 0.5) is 0 Å². The molecule has 0 aromatic heterocycles. The topological polar surface area (TPSA) is 112 Å². The van der Waals surface area contributed by atoms with Gasteiger partial charge in [-0.15, -0.1) is 0 Å². The normalized spacial score (nSPS) is 13.4. The number of guanidine groups is 1. The molecule has 1 unspecified atom stereocenters. The molecule has 0 aliphatic heterocycles. The standard InChI is InChI=1S/C16H30N4O4/c1-5-8-14(24-6-2)20-16(19-12(3)4)17-10-7-9-13(15(22)23)18-11-21/h8,11-13H,5-7,9-10H2,1-4H3,(H,18,21)(H,22,23)(H2,17,19,20)/b14-8+. The van der Waals surface area contributed by atoms with Gasteiger partial charge in [-0.25, -0.2) is 4.79 Å². The van der Waals surface area contributed by atoms with Crippen molar-refractivity contribution in [1.29, 1.82) is 0 Å². The molecule has 0 radical (unpaired) electrons. The number of carbonyl (C=O) groups excluding carboxylic acids is 1. The van der Waals surface area contributed by atoms with Gasteiger partial charge in [-0.1, -0.05) is 6.92 Å². The van der Waals surface area contributed by atoms with Crippen molar-refractivity contribution < 1.29 is 19.4 Å². The molecule has 0 saturated heterocycles. The fourth-order valence-corrected chi connectivity index (χ4v) is 1.84. The molecule has 138 valence electrons. The SMILES string of the molecule is CC/C=C(\NC(=NCCCC(NC=O)C(=O)O)NC(C)C)OCC. The number of ether oxygens (including phenoxy) is 1. The number of hydrogen-bond acceptors (Lipinski definition) is 4. The number of aliphatic carboxylic acids is 1. The zero-order chi connectivity index (χ0) is 18.4. The summed E-state index contributed by atoms with van der Waals surface area (Å²) in [6, 6.07) is -0.699. The maximum absolute atomic E-state index is 10.9. The second-order valence-electron chi connectivity index (χ2n) is 5.38. The zero-order valence-corrected chi connectivity index (χ0v) is 15.0. The van der Waals surface area contributed by atoms with Crippen LogP contribution in [0.15, 0.2) is 17.0 Å². The number of amides is 1. The molecule has 0 spiro atoms. The molecule has 0 fully saturated rings. The van der Waals surface area contributed by atoms with Crippen molar-refractivity contribution in [2.45, 2.75) is 59.0 Å². The zero-order valence-electron chi connectivity index (χ0n) is 15.0. The molecule has 1 amide bonds. The van der Waals surface area contributed by atoms with Crippen molar-refractivity contribution in [3.05, 3.63) is 12.0 Å². The van der Waals surface area contributed by atoms with E-state index in [0.29, 0.717) is 44.2 Å². The molecule has 0 aliphatic carbocycles. The second-order valence-corrected chi connectivity index (χ2v) is 5.38. The van der Waals surface area contributed by atoms with Crippen LogP contribution >= 0.6 is 0 Å². The first-order valence-corrected chi connectivity index (χ1v) is 8.27. The lowest BCUT2D eigenvalue weighted by atomic mass is 10.1. The van der Waals surface area contributed by atoms with Crippen LogP contribution in [-0.2, 0) is 14.3 Å². The summed E-state index contributed by atoms with van der Waals surface area (Å²) in [5, 5.41) is 17.5. The summed E-state index contributed by atoms with van der Waals surface area (Å²) in [7, 11) is 0. The number of carbonyl (C=O) groups is 2. The molecule has 0 aliphatic rings. The maximum atomic E-state index is 10.9. The Morgan fingerprint density at radius 2 is 2.04 bits per heavy atom. The van der Waals surface area contributed by atoms with E-state index in [1.165, 1.54) is 0 Å². The summed E-state index contributed by atoms with van der Waals surface area (Å²) < 4.78 is 5.50. The number of carboxylic acids is 1. The van der Waals surface area contributed by atoms with Crippen molar-refractivity contribution >= 4 is 18.3 Å². The molecule has 24 heavy (non-hydrogen) atoms. The number of carboxylic acid groups (broad SMARTS) is 1. The van der Waals surface area contributed by atoms with E-state index in [9.17, 15) is 9.59 Å². The molecule has 0 rings (SSSR count). The number of aliphatic imine (C=N–C) groups is 1. The molecular formula is C16H30N4O4. The number of hydrogen-bond donors (Lipinski definition) is 4. The van der Waals surface area contributed by atoms with Crippen LogP contribution in [0.3, 0.4) is 0 Å². The average molecular weight is 342 g/mol. The van der Waals surface area contributed by atoms with Gasteiger partial charge in [-0.3, -0.25) is 15.1 Å². The van der Waals surface area contributed by atoms with E-state index in [1.807, 2.05) is 33.8 Å². The van der Waals surface area contributed by atoms with E-state index in [2.05, 4.69) is 20.9 Å². The van der Waals surface area contributed by atoms with Gasteiger partial charge in [-0.2, -0.15) is 0 Å². The summed E-state index contributed by atoms with van der Waals surface area (Å²) >= 11 is 0. The average Bonchev–Trinajstić information content (AvgIpc) is 2.49. The number of nitrogens with one attached hydrogen (secondary N) is 3. The third-order valence-electron chi connectivity index (χ3n) is 2.84. The largest absolute Gasteiger partial charge is 0.480 e. The lowest BCUT2D eigenvalue weighted by Crippen LogP contribution is -2.41. The Hall–Kier alpha value is -2.25. The van der Waals surface area contributed by atoms with E-state index >= 15 is 0 Å². The fourth-order valence-electron chi connectivity index (χ4n) is 1.84. The molecule has 4 N–H and O–H groups in total. The second kappa shape index (κ2) is 13.2. The maximum Gasteiger partial charge on any atom is 0.326 e. The van der Waals surface area contributed by atoms with Gasteiger partial charge in [0.2, 0.25) is 6.41 Å². The van der Waals surface area contributed by atoms with E-state index in [4.69, 9.17) is 9.84 Å². The summed E-state index contributed by atoms with van der Waals surface area (Å²) in [4.78, 5) is 25.8. The lowest BCUT2D eigenvalue weighted by Gasteiger charge is -2.17. The van der Waals surface area contributed by atoms with Crippen LogP contribution < -0.4 is 16.0 Å². The Morgan fingerprint density at radius 1 is 1.33 bits per heavy atom. The van der Waals surface area contributed by atoms with Crippen LogP contribution in [0.5, 0.6) is 0 Å². The van der Waals surface area contributed by atoms with Crippen molar-refractivity contribution in [3.8, 4) is 0 Å². The summed E-state index contributed by atoms with van der Waals surface area (Å²) in [5.74, 6) is 0.167. The smallest absolute Gasteiger partial charge is 0.326 e. The highest BCUT2D eigenvalue weighted by molar-refractivity contribution is 5.81. The van der Waals surface area contributed by atoms with Crippen molar-refractivity contribution in [2.75, 3.05) is 13.2 Å². The summed E-state index contributed by atoms with van der Waals surface area (Å²) in [5.41, 5.74) is 0. The predicted molar refractivity (Wildman–Crippen MR) is 93.6 cm³/mol. The summed E-state index contributed by atoms with van der Waals surface area (Å²) in [6.07, 6.45) is 4.00. The fraction of sp³-hybridized carbons (Fsp3) is 0.688. The van der Waals surface area contributed by atoms with Crippen LogP contribution in [0.2, 0.25) is 0 Å². The molecule has 8 nitrogen and oxygen atoms in total. The minimum absolute atomic E-state index is 0.184. The Bertz CT molecular complexity index is 436. The van der Waals surface area contributed by atoms with Crippen LogP contribution in [0.1, 0.15) is 47.0 Å². The van der Waals surface area contributed by atoms with Gasteiger partial charge >= 0.3 is 5.97 Å². The van der Waals surface area contributed by atoms with Crippen molar-refractivity contribution in [1.82, 2.24) is 16.0 Å². The Kier molecular flexibility index (Phi) is 12.0. The molecule has 1 atom stereocenters. The monoisotopic (exact) mass is 342 g/mol. The first kappa shape index (κ1) is 21.8. The number of allylic oxidation sites excluding steroid dienone is 1. The highest BCUT2D eigenvalue weighted by Gasteiger charge is 2.15. The third-order valence-corrected chi connectivity index (χ3v) is 2.84. The van der Waals surface area contributed by atoms with E-state index in [-0.39, 0.29) is 6.04 Å². The molecule has 8 heteroatoms. The quantitative estimate of drug-likeness (QED) is 0.139. The van der Waals surface area contributed by atoms with Gasteiger partial charge in [0.25, 0.3) is 0 Å². The Labute approximate surface area is 143 Å². The Balaban J connectivity index is 4.68. The molecule has 0 heterocycles. The van der Waals surface area contributed by atoms with E-state index < -0.39 is 12.0 Å². The highest BCUT2D eigenvalue weighted by atomic mass is 16.5. The van der Waals surface area contributed by atoms with Gasteiger partial charge in [-0.05, 0) is 46.1 Å². The van der Waals surface area contributed by atoms with Crippen molar-refractivity contribution in [2.24, 2.45) is 4.99 Å². The molecule has 0 saturated carbocycles. The minimum atomic E-state index is -1.05. The molecule has 0 aromatic carbocycles. The Morgan fingerprint density at radius 3 is 2.54 bits per heavy atom. The first-order valence-electron chi connectivity index (χ1n) is 8.27.